The maximum absolute atomic E-state index is 11.2. The minimum Gasteiger partial charge on any atom is -0.478 e. The van der Waals surface area contributed by atoms with Crippen LogP contribution in [0.15, 0.2) is 12.4 Å². The Morgan fingerprint density at radius 1 is 1.26 bits per heavy atom. The van der Waals surface area contributed by atoms with E-state index in [0.29, 0.717) is 11.5 Å². The van der Waals surface area contributed by atoms with E-state index in [0.717, 1.165) is 11.3 Å². The van der Waals surface area contributed by atoms with Crippen LogP contribution >= 0.6 is 0 Å². The molecule has 0 aliphatic carbocycles. The number of aromatic amines is 1. The van der Waals surface area contributed by atoms with E-state index in [1.54, 1.807) is 12.3 Å². The van der Waals surface area contributed by atoms with Crippen LogP contribution in [-0.2, 0) is 5.41 Å². The molecule has 122 valence electrons. The van der Waals surface area contributed by atoms with Gasteiger partial charge in [0, 0.05) is 22.9 Å². The summed E-state index contributed by atoms with van der Waals surface area (Å²) in [6.07, 6.45) is 6.79. The fourth-order valence-electron chi connectivity index (χ4n) is 2.28. The summed E-state index contributed by atoms with van der Waals surface area (Å²) < 4.78 is 0. The summed E-state index contributed by atoms with van der Waals surface area (Å²) in [4.78, 5) is 19.7. The largest absolute Gasteiger partial charge is 0.478 e. The Bertz CT molecular complexity index is 739. The molecule has 2 N–H and O–H groups in total. The summed E-state index contributed by atoms with van der Waals surface area (Å²) in [7, 11) is 0. The third-order valence-electron chi connectivity index (χ3n) is 3.44. The van der Waals surface area contributed by atoms with Gasteiger partial charge < -0.3 is 5.11 Å². The van der Waals surface area contributed by atoms with Crippen molar-refractivity contribution in [3.63, 3.8) is 0 Å². The molecule has 0 atom stereocenters. The molecular formula is C17H22N4O2. The third kappa shape index (κ3) is 3.83. The highest BCUT2D eigenvalue weighted by molar-refractivity contribution is 5.88. The average Bonchev–Trinajstić information content (AvgIpc) is 2.93. The normalized spacial score (nSPS) is 12.3. The molecule has 0 bridgehead atoms. The van der Waals surface area contributed by atoms with E-state index >= 15 is 0 Å². The first-order valence-electron chi connectivity index (χ1n) is 7.52. The molecule has 0 aliphatic rings. The van der Waals surface area contributed by atoms with Gasteiger partial charge in [-0.15, -0.1) is 0 Å². The first kappa shape index (κ1) is 16.9. The molecule has 0 fully saturated rings. The van der Waals surface area contributed by atoms with Crippen molar-refractivity contribution in [3.05, 3.63) is 40.7 Å². The number of H-pyrrole nitrogens is 1. The molecule has 0 unspecified atom stereocenters. The molecule has 2 aromatic heterocycles. The molecule has 0 aliphatic heterocycles. The Balaban J connectivity index is 2.36. The Morgan fingerprint density at radius 3 is 2.52 bits per heavy atom. The number of rotatable bonds is 4. The van der Waals surface area contributed by atoms with E-state index in [-0.39, 0.29) is 16.9 Å². The highest BCUT2D eigenvalue weighted by atomic mass is 16.4. The molecule has 0 amide bonds. The number of hydrogen-bond donors (Lipinski definition) is 2. The second-order valence-electron chi connectivity index (χ2n) is 6.77. The quantitative estimate of drug-likeness (QED) is 0.901. The molecule has 0 aromatic carbocycles. The van der Waals surface area contributed by atoms with Crippen LogP contribution in [0.2, 0.25) is 0 Å². The van der Waals surface area contributed by atoms with Crippen molar-refractivity contribution in [2.75, 3.05) is 0 Å². The van der Waals surface area contributed by atoms with Crippen LogP contribution in [0.1, 0.15) is 73.7 Å². The molecule has 0 saturated heterocycles. The average molecular weight is 314 g/mol. The van der Waals surface area contributed by atoms with Crippen LogP contribution < -0.4 is 0 Å². The van der Waals surface area contributed by atoms with Gasteiger partial charge in [-0.2, -0.15) is 5.10 Å². The first-order chi connectivity index (χ1) is 10.7. The Morgan fingerprint density at radius 2 is 1.96 bits per heavy atom. The van der Waals surface area contributed by atoms with Crippen LogP contribution in [0.4, 0.5) is 0 Å². The number of aromatic carboxylic acids is 1. The highest BCUT2D eigenvalue weighted by Gasteiger charge is 2.19. The zero-order valence-electron chi connectivity index (χ0n) is 14.1. The standard InChI is InChI=1S/C17H22N4O2/c1-10(2)14-12(16(22)23)9-18-13(20-14)7-6-11-8-19-21-15(11)17(3,4)5/h6-10H,1-5H3,(H,19,21)(H,22,23). The smallest absolute Gasteiger partial charge is 0.339 e. The van der Waals surface area contributed by atoms with E-state index in [1.807, 2.05) is 19.9 Å². The van der Waals surface area contributed by atoms with Gasteiger partial charge in [0.1, 0.15) is 0 Å². The third-order valence-corrected chi connectivity index (χ3v) is 3.44. The van der Waals surface area contributed by atoms with Crippen molar-refractivity contribution in [1.82, 2.24) is 20.2 Å². The topological polar surface area (TPSA) is 91.8 Å². The summed E-state index contributed by atoms with van der Waals surface area (Å²) in [5.74, 6) is -0.510. The highest BCUT2D eigenvalue weighted by Crippen LogP contribution is 2.24. The lowest BCUT2D eigenvalue weighted by atomic mass is 9.89. The maximum atomic E-state index is 11.2. The van der Waals surface area contributed by atoms with Crippen LogP contribution in [0.5, 0.6) is 0 Å². The lowest BCUT2D eigenvalue weighted by Gasteiger charge is -2.17. The Labute approximate surface area is 135 Å². The SMILES string of the molecule is CC(C)c1nc(C=Cc2cn[nH]c2C(C)(C)C)ncc1C(=O)O. The van der Waals surface area contributed by atoms with Crippen LogP contribution in [0.25, 0.3) is 12.2 Å². The van der Waals surface area contributed by atoms with Gasteiger partial charge in [0.05, 0.1) is 17.5 Å². The zero-order chi connectivity index (χ0) is 17.2. The van der Waals surface area contributed by atoms with Crippen molar-refractivity contribution in [2.24, 2.45) is 0 Å². The molecule has 2 aromatic rings. The van der Waals surface area contributed by atoms with Crippen molar-refractivity contribution < 1.29 is 9.90 Å². The monoisotopic (exact) mass is 314 g/mol. The van der Waals surface area contributed by atoms with Gasteiger partial charge in [0.25, 0.3) is 0 Å². The van der Waals surface area contributed by atoms with Crippen LogP contribution in [0.3, 0.4) is 0 Å². The number of aromatic nitrogens is 4. The van der Waals surface area contributed by atoms with E-state index < -0.39 is 5.97 Å². The molecule has 2 heterocycles. The van der Waals surface area contributed by atoms with Gasteiger partial charge in [0.15, 0.2) is 5.82 Å². The van der Waals surface area contributed by atoms with E-state index in [4.69, 9.17) is 0 Å². The first-order valence-corrected chi connectivity index (χ1v) is 7.52. The van der Waals surface area contributed by atoms with E-state index in [9.17, 15) is 9.90 Å². The van der Waals surface area contributed by atoms with Crippen molar-refractivity contribution in [1.29, 1.82) is 0 Å². The molecular weight excluding hydrogens is 292 g/mol. The summed E-state index contributed by atoms with van der Waals surface area (Å²) in [5.41, 5.74) is 2.63. The number of carboxylic acids is 1. The van der Waals surface area contributed by atoms with Gasteiger partial charge in [-0.1, -0.05) is 34.6 Å². The van der Waals surface area contributed by atoms with E-state index in [2.05, 4.69) is 40.9 Å². The number of nitrogens with one attached hydrogen (secondary N) is 1. The summed E-state index contributed by atoms with van der Waals surface area (Å²) in [5, 5.41) is 16.3. The maximum Gasteiger partial charge on any atom is 0.339 e. The zero-order valence-corrected chi connectivity index (χ0v) is 14.1. The second kappa shape index (κ2) is 6.32. The van der Waals surface area contributed by atoms with Crippen LogP contribution in [0, 0.1) is 0 Å². The predicted octanol–water partition coefficient (Wildman–Crippen LogP) is 3.49. The molecule has 6 heteroatoms. The van der Waals surface area contributed by atoms with E-state index in [1.165, 1.54) is 6.20 Å². The van der Waals surface area contributed by atoms with Crippen molar-refractivity contribution in [2.45, 2.75) is 46.0 Å². The van der Waals surface area contributed by atoms with Crippen molar-refractivity contribution >= 4 is 18.1 Å². The van der Waals surface area contributed by atoms with Gasteiger partial charge >= 0.3 is 5.97 Å². The molecule has 0 radical (unpaired) electrons. The lowest BCUT2D eigenvalue weighted by Crippen LogP contribution is -2.13. The fraction of sp³-hybridized carbons (Fsp3) is 0.412. The van der Waals surface area contributed by atoms with Gasteiger partial charge in [-0.25, -0.2) is 14.8 Å². The van der Waals surface area contributed by atoms with Crippen molar-refractivity contribution in [3.8, 4) is 0 Å². The minimum absolute atomic E-state index is 0.00955. The molecule has 2 rings (SSSR count). The Kier molecular flexibility index (Phi) is 4.63. The molecule has 0 saturated carbocycles. The number of nitrogens with zero attached hydrogens (tertiary/aromatic N) is 3. The summed E-state index contributed by atoms with van der Waals surface area (Å²) in [6, 6.07) is 0. The number of carboxylic acid groups (broad SMARTS) is 1. The summed E-state index contributed by atoms with van der Waals surface area (Å²) in [6.45, 7) is 10.1. The van der Waals surface area contributed by atoms with Crippen LogP contribution in [-0.4, -0.2) is 31.2 Å². The predicted molar refractivity (Wildman–Crippen MR) is 89.3 cm³/mol. The Hall–Kier alpha value is -2.50. The number of carbonyl (C=O) groups is 1. The minimum atomic E-state index is -1.01. The fourth-order valence-corrected chi connectivity index (χ4v) is 2.28. The van der Waals surface area contributed by atoms with Gasteiger partial charge in [0.2, 0.25) is 0 Å². The van der Waals surface area contributed by atoms with Gasteiger partial charge in [-0.3, -0.25) is 5.10 Å². The summed E-state index contributed by atoms with van der Waals surface area (Å²) >= 11 is 0. The molecule has 0 spiro atoms. The molecule has 23 heavy (non-hydrogen) atoms. The number of hydrogen-bond acceptors (Lipinski definition) is 4. The molecule has 6 nitrogen and oxygen atoms in total. The van der Waals surface area contributed by atoms with Gasteiger partial charge in [-0.05, 0) is 18.1 Å². The lowest BCUT2D eigenvalue weighted by molar-refractivity contribution is 0.0694. The second-order valence-corrected chi connectivity index (χ2v) is 6.77.